The molecule has 5 heteroatoms. The number of hydrogen-bond donors (Lipinski definition) is 1. The van der Waals surface area contributed by atoms with Crippen molar-refractivity contribution < 1.29 is 24.1 Å². The quantitative estimate of drug-likeness (QED) is 0.746. The van der Waals surface area contributed by atoms with Gasteiger partial charge in [0, 0.05) is 11.6 Å². The zero-order valence-corrected chi connectivity index (χ0v) is 13.8. The van der Waals surface area contributed by atoms with Crippen LogP contribution in [0.25, 0.3) is 6.08 Å². The summed E-state index contributed by atoms with van der Waals surface area (Å²) in [7, 11) is 4.66. The molecule has 0 amide bonds. The molecule has 0 unspecified atom stereocenters. The second-order valence-electron chi connectivity index (χ2n) is 5.32. The van der Waals surface area contributed by atoms with E-state index in [-0.39, 0.29) is 0 Å². The third kappa shape index (κ3) is 4.41. The van der Waals surface area contributed by atoms with Crippen LogP contribution in [-0.4, -0.2) is 32.4 Å². The van der Waals surface area contributed by atoms with Gasteiger partial charge in [0.2, 0.25) is 5.75 Å². The van der Waals surface area contributed by atoms with E-state index in [4.69, 9.17) is 19.3 Å². The van der Waals surface area contributed by atoms with Crippen molar-refractivity contribution in [2.75, 3.05) is 21.3 Å². The Kier molecular flexibility index (Phi) is 6.76. The second-order valence-corrected chi connectivity index (χ2v) is 5.32. The van der Waals surface area contributed by atoms with E-state index < -0.39 is 5.97 Å². The molecule has 0 spiro atoms. The molecule has 1 aromatic carbocycles. The molecule has 0 saturated heterocycles. The van der Waals surface area contributed by atoms with E-state index in [1.165, 1.54) is 7.11 Å². The molecule has 0 radical (unpaired) electrons. The predicted octanol–water partition coefficient (Wildman–Crippen LogP) is 3.40. The summed E-state index contributed by atoms with van der Waals surface area (Å²) in [5.41, 5.74) is 1.68. The van der Waals surface area contributed by atoms with Gasteiger partial charge in [-0.05, 0) is 36.5 Å². The van der Waals surface area contributed by atoms with Gasteiger partial charge in [-0.1, -0.05) is 13.8 Å². The largest absolute Gasteiger partial charge is 0.493 e. The molecule has 122 valence electrons. The Hall–Kier alpha value is -2.17. The Balaban J connectivity index is 3.46. The van der Waals surface area contributed by atoms with Crippen LogP contribution in [0.5, 0.6) is 17.2 Å². The summed E-state index contributed by atoms with van der Waals surface area (Å²) in [6.07, 6.45) is 4.39. The number of hydrogen-bond acceptors (Lipinski definition) is 4. The minimum atomic E-state index is -0.997. The number of benzene rings is 1. The SMILES string of the molecule is COc1cc(/C=C/C(=O)O)c(CCC(C)C)c(OC)c1OC. The van der Waals surface area contributed by atoms with Crippen LogP contribution in [0.4, 0.5) is 0 Å². The lowest BCUT2D eigenvalue weighted by Crippen LogP contribution is -2.03. The Morgan fingerprint density at radius 2 is 1.82 bits per heavy atom. The summed E-state index contributed by atoms with van der Waals surface area (Å²) in [5, 5.41) is 8.86. The molecule has 0 heterocycles. The number of carboxylic acids is 1. The predicted molar refractivity (Wildman–Crippen MR) is 85.9 cm³/mol. The van der Waals surface area contributed by atoms with Gasteiger partial charge in [-0.3, -0.25) is 0 Å². The molecular formula is C17H24O5. The lowest BCUT2D eigenvalue weighted by molar-refractivity contribution is -0.131. The van der Waals surface area contributed by atoms with Crippen LogP contribution in [0.3, 0.4) is 0 Å². The maximum atomic E-state index is 10.8. The third-order valence-electron chi connectivity index (χ3n) is 3.34. The van der Waals surface area contributed by atoms with Crippen molar-refractivity contribution in [3.05, 3.63) is 23.3 Å². The van der Waals surface area contributed by atoms with Crippen molar-refractivity contribution in [1.29, 1.82) is 0 Å². The van der Waals surface area contributed by atoms with Crippen molar-refractivity contribution in [2.24, 2.45) is 5.92 Å². The van der Waals surface area contributed by atoms with E-state index in [0.717, 1.165) is 30.0 Å². The zero-order chi connectivity index (χ0) is 16.7. The van der Waals surface area contributed by atoms with E-state index in [9.17, 15) is 4.79 Å². The van der Waals surface area contributed by atoms with Gasteiger partial charge < -0.3 is 19.3 Å². The van der Waals surface area contributed by atoms with E-state index >= 15 is 0 Å². The molecule has 1 N–H and O–H groups in total. The van der Waals surface area contributed by atoms with Crippen LogP contribution in [0.2, 0.25) is 0 Å². The third-order valence-corrected chi connectivity index (χ3v) is 3.34. The summed E-state index contributed by atoms with van der Waals surface area (Å²) >= 11 is 0. The van der Waals surface area contributed by atoms with Gasteiger partial charge in [0.25, 0.3) is 0 Å². The fourth-order valence-corrected chi connectivity index (χ4v) is 2.24. The van der Waals surface area contributed by atoms with Gasteiger partial charge in [0.05, 0.1) is 21.3 Å². The second kappa shape index (κ2) is 8.32. The Bertz CT molecular complexity index is 546. The van der Waals surface area contributed by atoms with Gasteiger partial charge in [-0.15, -0.1) is 0 Å². The molecule has 0 fully saturated rings. The average molecular weight is 308 g/mol. The van der Waals surface area contributed by atoms with E-state index in [1.807, 2.05) is 0 Å². The standard InChI is InChI=1S/C17H24O5/c1-11(2)6-8-13-12(7-9-15(18)19)10-14(20-3)17(22-5)16(13)21-4/h7,9-11H,6,8H2,1-5H3,(H,18,19)/b9-7+. The van der Waals surface area contributed by atoms with Crippen molar-refractivity contribution >= 4 is 12.0 Å². The monoisotopic (exact) mass is 308 g/mol. The smallest absolute Gasteiger partial charge is 0.328 e. The summed E-state index contributed by atoms with van der Waals surface area (Å²) in [4.78, 5) is 10.8. The zero-order valence-electron chi connectivity index (χ0n) is 13.8. The Labute approximate surface area is 131 Å². The minimum Gasteiger partial charge on any atom is -0.493 e. The number of rotatable bonds is 8. The van der Waals surface area contributed by atoms with E-state index in [1.54, 1.807) is 26.4 Å². The number of methoxy groups -OCH3 is 3. The van der Waals surface area contributed by atoms with E-state index in [2.05, 4.69) is 13.8 Å². The van der Waals surface area contributed by atoms with Crippen LogP contribution in [0, 0.1) is 5.92 Å². The molecule has 0 atom stereocenters. The molecule has 0 bridgehead atoms. The maximum Gasteiger partial charge on any atom is 0.328 e. The average Bonchev–Trinajstić information content (AvgIpc) is 2.49. The van der Waals surface area contributed by atoms with Crippen LogP contribution in [0.15, 0.2) is 12.1 Å². The van der Waals surface area contributed by atoms with Crippen molar-refractivity contribution in [2.45, 2.75) is 26.7 Å². The van der Waals surface area contributed by atoms with E-state index in [0.29, 0.717) is 23.2 Å². The van der Waals surface area contributed by atoms with Crippen LogP contribution in [0.1, 0.15) is 31.4 Å². The Morgan fingerprint density at radius 3 is 2.27 bits per heavy atom. The number of ether oxygens (including phenoxy) is 3. The van der Waals surface area contributed by atoms with Gasteiger partial charge in [0.1, 0.15) is 0 Å². The molecule has 0 aliphatic carbocycles. The first-order chi connectivity index (χ1) is 10.4. The summed E-state index contributed by atoms with van der Waals surface area (Å²) in [6, 6.07) is 1.77. The first-order valence-electron chi connectivity index (χ1n) is 7.17. The summed E-state index contributed by atoms with van der Waals surface area (Å²) in [6.45, 7) is 4.28. The molecule has 22 heavy (non-hydrogen) atoms. The Morgan fingerprint density at radius 1 is 1.18 bits per heavy atom. The first-order valence-corrected chi connectivity index (χ1v) is 7.17. The lowest BCUT2D eigenvalue weighted by atomic mass is 9.96. The molecule has 0 aliphatic rings. The number of carboxylic acid groups (broad SMARTS) is 1. The van der Waals surface area contributed by atoms with Crippen LogP contribution >= 0.6 is 0 Å². The molecule has 1 rings (SSSR count). The van der Waals surface area contributed by atoms with Crippen molar-refractivity contribution in [3.63, 3.8) is 0 Å². The van der Waals surface area contributed by atoms with Crippen LogP contribution in [-0.2, 0) is 11.2 Å². The summed E-state index contributed by atoms with van der Waals surface area (Å²) in [5.74, 6) is 1.15. The first kappa shape index (κ1) is 17.9. The van der Waals surface area contributed by atoms with Gasteiger partial charge in [-0.2, -0.15) is 0 Å². The van der Waals surface area contributed by atoms with Crippen molar-refractivity contribution in [3.8, 4) is 17.2 Å². The highest BCUT2D eigenvalue weighted by Crippen LogP contribution is 2.43. The minimum absolute atomic E-state index is 0.512. The van der Waals surface area contributed by atoms with Gasteiger partial charge >= 0.3 is 5.97 Å². The number of carbonyl (C=O) groups is 1. The molecule has 0 aliphatic heterocycles. The fraction of sp³-hybridized carbons (Fsp3) is 0.471. The highest BCUT2D eigenvalue weighted by Gasteiger charge is 2.19. The normalized spacial score (nSPS) is 11.0. The highest BCUT2D eigenvalue weighted by molar-refractivity contribution is 5.86. The van der Waals surface area contributed by atoms with Crippen molar-refractivity contribution in [1.82, 2.24) is 0 Å². The summed E-state index contributed by atoms with van der Waals surface area (Å²) < 4.78 is 16.2. The van der Waals surface area contributed by atoms with Gasteiger partial charge in [0.15, 0.2) is 11.5 Å². The van der Waals surface area contributed by atoms with Crippen LogP contribution < -0.4 is 14.2 Å². The molecular weight excluding hydrogens is 284 g/mol. The molecule has 1 aromatic rings. The van der Waals surface area contributed by atoms with Gasteiger partial charge in [-0.25, -0.2) is 4.79 Å². The highest BCUT2D eigenvalue weighted by atomic mass is 16.5. The fourth-order valence-electron chi connectivity index (χ4n) is 2.24. The molecule has 5 nitrogen and oxygen atoms in total. The molecule has 0 aromatic heterocycles. The topological polar surface area (TPSA) is 65.0 Å². The molecule has 0 saturated carbocycles. The lowest BCUT2D eigenvalue weighted by Gasteiger charge is -2.19. The number of aliphatic carboxylic acids is 1. The maximum absolute atomic E-state index is 10.8.